The van der Waals surface area contributed by atoms with Crippen LogP contribution >= 0.6 is 11.8 Å². The molecular weight excluding hydrogens is 244 g/mol. The van der Waals surface area contributed by atoms with E-state index in [0.29, 0.717) is 31.0 Å². The zero-order valence-corrected chi connectivity index (χ0v) is 10.1. The Morgan fingerprint density at radius 2 is 2.24 bits per heavy atom. The lowest BCUT2D eigenvalue weighted by molar-refractivity contribution is -0.149. The summed E-state index contributed by atoms with van der Waals surface area (Å²) in [6.45, 7) is 0.487. The van der Waals surface area contributed by atoms with Crippen molar-refractivity contribution in [2.45, 2.75) is 18.9 Å². The van der Waals surface area contributed by atoms with Gasteiger partial charge in [-0.15, -0.1) is 11.8 Å². The number of likely N-dealkylation sites (tertiary alicyclic amines) is 1. The van der Waals surface area contributed by atoms with Gasteiger partial charge in [0.25, 0.3) is 0 Å². The monoisotopic (exact) mass is 258 g/mol. The molecule has 7 heteroatoms. The van der Waals surface area contributed by atoms with E-state index in [1.54, 1.807) is 0 Å². The summed E-state index contributed by atoms with van der Waals surface area (Å²) in [5.41, 5.74) is 0. The molecule has 0 bridgehead atoms. The maximum absolute atomic E-state index is 11.9. The van der Waals surface area contributed by atoms with Crippen molar-refractivity contribution in [3.63, 3.8) is 0 Å². The molecule has 0 aliphatic carbocycles. The molecule has 94 valence electrons. The summed E-state index contributed by atoms with van der Waals surface area (Å²) in [4.78, 5) is 37.1. The molecule has 0 spiro atoms. The zero-order chi connectivity index (χ0) is 12.4. The van der Waals surface area contributed by atoms with E-state index in [2.05, 4.69) is 0 Å². The number of rotatable bonds is 3. The molecule has 2 aliphatic rings. The van der Waals surface area contributed by atoms with Crippen LogP contribution in [-0.4, -0.2) is 63.5 Å². The van der Waals surface area contributed by atoms with Crippen molar-refractivity contribution in [2.24, 2.45) is 0 Å². The fraction of sp³-hybridized carbons (Fsp3) is 0.700. The van der Waals surface area contributed by atoms with Crippen molar-refractivity contribution in [3.05, 3.63) is 0 Å². The minimum atomic E-state index is -0.960. The number of hydrogen-bond acceptors (Lipinski definition) is 4. The number of nitrogens with zero attached hydrogens (tertiary/aromatic N) is 2. The van der Waals surface area contributed by atoms with Crippen molar-refractivity contribution >= 4 is 29.5 Å². The number of hydrogen-bond donors (Lipinski definition) is 1. The molecule has 0 aromatic heterocycles. The molecule has 6 nitrogen and oxygen atoms in total. The second-order valence-corrected chi connectivity index (χ2v) is 5.11. The predicted octanol–water partition coefficient (Wildman–Crippen LogP) is -0.405. The average Bonchev–Trinajstić information content (AvgIpc) is 2.87. The highest BCUT2D eigenvalue weighted by Crippen LogP contribution is 2.19. The Morgan fingerprint density at radius 3 is 2.82 bits per heavy atom. The van der Waals surface area contributed by atoms with Gasteiger partial charge >= 0.3 is 5.97 Å². The molecule has 2 amide bonds. The minimum Gasteiger partial charge on any atom is -0.480 e. The minimum absolute atomic E-state index is 0.00954. The first-order valence-electron chi connectivity index (χ1n) is 5.47. The topological polar surface area (TPSA) is 77.9 Å². The lowest BCUT2D eigenvalue weighted by Gasteiger charge is -2.24. The smallest absolute Gasteiger partial charge is 0.326 e. The van der Waals surface area contributed by atoms with E-state index in [1.807, 2.05) is 0 Å². The lowest BCUT2D eigenvalue weighted by Crippen LogP contribution is -2.45. The van der Waals surface area contributed by atoms with Crippen LogP contribution in [0.2, 0.25) is 0 Å². The van der Waals surface area contributed by atoms with Gasteiger partial charge in [0.15, 0.2) is 0 Å². The van der Waals surface area contributed by atoms with Gasteiger partial charge in [0.1, 0.15) is 12.6 Å². The molecule has 2 heterocycles. The first kappa shape index (κ1) is 12.2. The van der Waals surface area contributed by atoms with Crippen LogP contribution in [0.25, 0.3) is 0 Å². The zero-order valence-electron chi connectivity index (χ0n) is 9.29. The van der Waals surface area contributed by atoms with Gasteiger partial charge in [-0.05, 0) is 12.8 Å². The van der Waals surface area contributed by atoms with Crippen molar-refractivity contribution in [3.8, 4) is 0 Å². The van der Waals surface area contributed by atoms with Gasteiger partial charge < -0.3 is 14.9 Å². The van der Waals surface area contributed by atoms with E-state index < -0.39 is 12.0 Å². The molecular formula is C10H14N2O4S. The number of thioether (sulfide) groups is 1. The Kier molecular flexibility index (Phi) is 3.56. The first-order chi connectivity index (χ1) is 8.09. The summed E-state index contributed by atoms with van der Waals surface area (Å²) >= 11 is 1.47. The quantitative estimate of drug-likeness (QED) is 0.745. The molecule has 0 aromatic carbocycles. The van der Waals surface area contributed by atoms with Gasteiger partial charge in [-0.25, -0.2) is 4.79 Å². The second-order valence-electron chi connectivity index (χ2n) is 4.15. The normalized spacial score (nSPS) is 24.5. The third kappa shape index (κ3) is 2.54. The number of carbonyl (C=O) groups excluding carboxylic acids is 2. The molecule has 2 saturated heterocycles. The van der Waals surface area contributed by atoms with Crippen LogP contribution in [0.4, 0.5) is 0 Å². The number of carboxylic acids is 1. The van der Waals surface area contributed by atoms with Crippen molar-refractivity contribution in [1.29, 1.82) is 0 Å². The molecule has 2 fully saturated rings. The molecule has 0 radical (unpaired) electrons. The molecule has 0 aromatic rings. The molecule has 0 saturated carbocycles. The Morgan fingerprint density at radius 1 is 1.47 bits per heavy atom. The fourth-order valence-electron chi connectivity index (χ4n) is 2.12. The number of carbonyl (C=O) groups is 3. The van der Waals surface area contributed by atoms with E-state index in [1.165, 1.54) is 21.6 Å². The Labute approximate surface area is 103 Å². The molecule has 17 heavy (non-hydrogen) atoms. The molecule has 1 N–H and O–H groups in total. The summed E-state index contributed by atoms with van der Waals surface area (Å²) in [7, 11) is 0. The van der Waals surface area contributed by atoms with Crippen molar-refractivity contribution in [1.82, 2.24) is 9.80 Å². The molecule has 2 rings (SSSR count). The third-order valence-electron chi connectivity index (χ3n) is 3.01. The summed E-state index contributed by atoms with van der Waals surface area (Å²) in [6.07, 6.45) is 1.22. The SMILES string of the molecule is O=C(O)C1CCCN1C(=O)CN1CSCC1=O. The number of amides is 2. The van der Waals surface area contributed by atoms with E-state index >= 15 is 0 Å². The van der Waals surface area contributed by atoms with Gasteiger partial charge in [-0.2, -0.15) is 0 Å². The second kappa shape index (κ2) is 4.95. The van der Waals surface area contributed by atoms with Gasteiger partial charge in [0.05, 0.1) is 11.6 Å². The number of carboxylic acid groups (broad SMARTS) is 1. The Hall–Kier alpha value is -1.24. The highest BCUT2D eigenvalue weighted by molar-refractivity contribution is 8.00. The van der Waals surface area contributed by atoms with Crippen LogP contribution in [0.15, 0.2) is 0 Å². The van der Waals surface area contributed by atoms with Crippen LogP contribution in [0.5, 0.6) is 0 Å². The van der Waals surface area contributed by atoms with Gasteiger partial charge in [0.2, 0.25) is 11.8 Å². The van der Waals surface area contributed by atoms with Crippen molar-refractivity contribution in [2.75, 3.05) is 24.7 Å². The van der Waals surface area contributed by atoms with Crippen LogP contribution < -0.4 is 0 Å². The molecule has 1 unspecified atom stereocenters. The van der Waals surface area contributed by atoms with E-state index in [4.69, 9.17) is 5.11 Å². The molecule has 2 aliphatic heterocycles. The molecule has 1 atom stereocenters. The Balaban J connectivity index is 1.95. The fourth-order valence-corrected chi connectivity index (χ4v) is 3.02. The van der Waals surface area contributed by atoms with E-state index in [9.17, 15) is 14.4 Å². The van der Waals surface area contributed by atoms with Crippen molar-refractivity contribution < 1.29 is 19.5 Å². The number of aliphatic carboxylic acids is 1. The Bertz CT molecular complexity index is 360. The summed E-state index contributed by atoms with van der Waals surface area (Å²) in [6, 6.07) is -0.715. The average molecular weight is 258 g/mol. The first-order valence-corrected chi connectivity index (χ1v) is 6.63. The summed E-state index contributed by atoms with van der Waals surface area (Å²) in [5, 5.41) is 8.97. The van der Waals surface area contributed by atoms with E-state index in [-0.39, 0.29) is 18.4 Å². The lowest BCUT2D eigenvalue weighted by atomic mass is 10.2. The van der Waals surface area contributed by atoms with Gasteiger partial charge in [-0.3, -0.25) is 9.59 Å². The highest BCUT2D eigenvalue weighted by Gasteiger charge is 2.35. The van der Waals surface area contributed by atoms with Crippen LogP contribution in [0.3, 0.4) is 0 Å². The van der Waals surface area contributed by atoms with Crippen LogP contribution in [0, 0.1) is 0 Å². The van der Waals surface area contributed by atoms with E-state index in [0.717, 1.165) is 0 Å². The summed E-state index contributed by atoms with van der Waals surface area (Å²) < 4.78 is 0. The van der Waals surface area contributed by atoms with Crippen LogP contribution in [0.1, 0.15) is 12.8 Å². The standard InChI is InChI=1S/C10H14N2O4S/c13-8(4-11-6-17-5-9(11)14)12-3-1-2-7(12)10(15)16/h7H,1-6H2,(H,15,16). The third-order valence-corrected chi connectivity index (χ3v) is 3.96. The predicted molar refractivity (Wildman–Crippen MR) is 61.4 cm³/mol. The van der Waals surface area contributed by atoms with Gasteiger partial charge in [-0.1, -0.05) is 0 Å². The maximum Gasteiger partial charge on any atom is 0.326 e. The van der Waals surface area contributed by atoms with Crippen LogP contribution in [-0.2, 0) is 14.4 Å². The van der Waals surface area contributed by atoms with Gasteiger partial charge in [0, 0.05) is 6.54 Å². The maximum atomic E-state index is 11.9. The summed E-state index contributed by atoms with van der Waals surface area (Å²) in [5.74, 6) is -0.329. The largest absolute Gasteiger partial charge is 0.480 e. The highest BCUT2D eigenvalue weighted by atomic mass is 32.2.